The number of rotatable bonds is 7. The van der Waals surface area contributed by atoms with Crippen molar-refractivity contribution in [2.75, 3.05) is 13.7 Å². The van der Waals surface area contributed by atoms with E-state index in [9.17, 15) is 0 Å². The SMILES string of the molecule is CCCCOc1cc(C=Cc2nc3ccccc3[nH]2)ccc1OC. The fourth-order valence-corrected chi connectivity index (χ4v) is 2.46. The Morgan fingerprint density at radius 1 is 1.08 bits per heavy atom. The van der Waals surface area contributed by atoms with Gasteiger partial charge in [0.1, 0.15) is 5.82 Å². The molecule has 4 nitrogen and oxygen atoms in total. The zero-order valence-corrected chi connectivity index (χ0v) is 14.1. The molecule has 0 fully saturated rings. The van der Waals surface area contributed by atoms with Crippen molar-refractivity contribution in [1.29, 1.82) is 0 Å². The summed E-state index contributed by atoms with van der Waals surface area (Å²) in [4.78, 5) is 7.84. The standard InChI is InChI=1S/C20H22N2O2/c1-3-4-13-24-19-14-15(9-11-18(19)23-2)10-12-20-21-16-7-5-6-8-17(16)22-20/h5-12,14H,3-4,13H2,1-2H3,(H,21,22). The van der Waals surface area contributed by atoms with Gasteiger partial charge in [-0.15, -0.1) is 0 Å². The van der Waals surface area contributed by atoms with Crippen molar-refractivity contribution in [3.63, 3.8) is 0 Å². The lowest BCUT2D eigenvalue weighted by Gasteiger charge is -2.11. The lowest BCUT2D eigenvalue weighted by molar-refractivity contribution is 0.288. The molecular formula is C20H22N2O2. The molecule has 0 saturated heterocycles. The minimum atomic E-state index is 0.698. The van der Waals surface area contributed by atoms with Crippen LogP contribution in [-0.2, 0) is 0 Å². The number of aromatic amines is 1. The first kappa shape index (κ1) is 16.1. The van der Waals surface area contributed by atoms with Crippen molar-refractivity contribution in [3.8, 4) is 11.5 Å². The minimum absolute atomic E-state index is 0.698. The summed E-state index contributed by atoms with van der Waals surface area (Å²) in [6, 6.07) is 13.9. The molecule has 4 heteroatoms. The largest absolute Gasteiger partial charge is 0.493 e. The van der Waals surface area contributed by atoms with Crippen LogP contribution in [0.4, 0.5) is 0 Å². The molecule has 1 aromatic heterocycles. The molecule has 0 aliphatic rings. The Kier molecular flexibility index (Phi) is 5.16. The summed E-state index contributed by atoms with van der Waals surface area (Å²) < 4.78 is 11.2. The second-order valence-corrected chi connectivity index (χ2v) is 5.58. The van der Waals surface area contributed by atoms with Crippen LogP contribution >= 0.6 is 0 Å². The van der Waals surface area contributed by atoms with E-state index in [1.807, 2.05) is 54.6 Å². The Bertz CT molecular complexity index is 804. The van der Waals surface area contributed by atoms with E-state index in [2.05, 4.69) is 16.9 Å². The Labute approximate surface area is 142 Å². The van der Waals surface area contributed by atoms with Crippen LogP contribution in [0.1, 0.15) is 31.2 Å². The van der Waals surface area contributed by atoms with Gasteiger partial charge in [-0.1, -0.05) is 37.6 Å². The first-order valence-electron chi connectivity index (χ1n) is 8.24. The van der Waals surface area contributed by atoms with E-state index in [1.54, 1.807) is 7.11 Å². The molecule has 24 heavy (non-hydrogen) atoms. The van der Waals surface area contributed by atoms with Crippen molar-refractivity contribution in [2.45, 2.75) is 19.8 Å². The molecule has 0 atom stereocenters. The predicted molar refractivity (Wildman–Crippen MR) is 98.4 cm³/mol. The van der Waals surface area contributed by atoms with Crippen LogP contribution < -0.4 is 9.47 Å². The van der Waals surface area contributed by atoms with Crippen molar-refractivity contribution in [1.82, 2.24) is 9.97 Å². The summed E-state index contributed by atoms with van der Waals surface area (Å²) in [5.41, 5.74) is 3.05. The number of imidazole rings is 1. The molecule has 0 aliphatic carbocycles. The molecule has 124 valence electrons. The van der Waals surface area contributed by atoms with Gasteiger partial charge in [0.15, 0.2) is 11.5 Å². The van der Waals surface area contributed by atoms with E-state index >= 15 is 0 Å². The van der Waals surface area contributed by atoms with Crippen LogP contribution in [-0.4, -0.2) is 23.7 Å². The number of benzene rings is 2. The van der Waals surface area contributed by atoms with E-state index in [0.717, 1.165) is 46.8 Å². The average molecular weight is 322 g/mol. The molecule has 3 aromatic rings. The Morgan fingerprint density at radius 2 is 1.96 bits per heavy atom. The summed E-state index contributed by atoms with van der Waals surface area (Å²) >= 11 is 0. The molecule has 0 saturated carbocycles. The van der Waals surface area contributed by atoms with Gasteiger partial charge < -0.3 is 14.5 Å². The number of nitrogens with one attached hydrogen (secondary N) is 1. The highest BCUT2D eigenvalue weighted by Gasteiger charge is 2.05. The third-order valence-corrected chi connectivity index (χ3v) is 3.78. The molecule has 0 bridgehead atoms. The normalized spacial score (nSPS) is 11.2. The average Bonchev–Trinajstić information content (AvgIpc) is 3.03. The fourth-order valence-electron chi connectivity index (χ4n) is 2.46. The van der Waals surface area contributed by atoms with Gasteiger partial charge in [-0.05, 0) is 42.3 Å². The summed E-state index contributed by atoms with van der Waals surface area (Å²) in [5.74, 6) is 2.37. The monoisotopic (exact) mass is 322 g/mol. The number of H-pyrrole nitrogens is 1. The molecule has 0 radical (unpaired) electrons. The van der Waals surface area contributed by atoms with E-state index in [1.165, 1.54) is 0 Å². The minimum Gasteiger partial charge on any atom is -0.493 e. The molecule has 1 heterocycles. The summed E-state index contributed by atoms with van der Waals surface area (Å²) in [6.45, 7) is 2.84. The van der Waals surface area contributed by atoms with E-state index in [-0.39, 0.29) is 0 Å². The molecule has 0 unspecified atom stereocenters. The van der Waals surface area contributed by atoms with Crippen LogP contribution in [0.15, 0.2) is 42.5 Å². The first-order valence-corrected chi connectivity index (χ1v) is 8.24. The summed E-state index contributed by atoms with van der Waals surface area (Å²) in [5, 5.41) is 0. The third-order valence-electron chi connectivity index (χ3n) is 3.78. The number of hydrogen-bond acceptors (Lipinski definition) is 3. The smallest absolute Gasteiger partial charge is 0.161 e. The van der Waals surface area contributed by atoms with Crippen molar-refractivity contribution in [3.05, 3.63) is 53.9 Å². The van der Waals surface area contributed by atoms with Crippen LogP contribution in [0.3, 0.4) is 0 Å². The second kappa shape index (κ2) is 7.68. The number of aromatic nitrogens is 2. The van der Waals surface area contributed by atoms with Gasteiger partial charge in [0.05, 0.1) is 24.8 Å². The number of hydrogen-bond donors (Lipinski definition) is 1. The second-order valence-electron chi connectivity index (χ2n) is 5.58. The van der Waals surface area contributed by atoms with Crippen LogP contribution in [0.25, 0.3) is 23.2 Å². The number of ether oxygens (including phenoxy) is 2. The topological polar surface area (TPSA) is 47.1 Å². The molecule has 1 N–H and O–H groups in total. The van der Waals surface area contributed by atoms with E-state index in [0.29, 0.717) is 6.61 Å². The molecule has 0 aliphatic heterocycles. The van der Waals surface area contributed by atoms with Crippen molar-refractivity contribution >= 4 is 23.2 Å². The fraction of sp³-hybridized carbons (Fsp3) is 0.250. The van der Waals surface area contributed by atoms with Crippen molar-refractivity contribution in [2.24, 2.45) is 0 Å². The van der Waals surface area contributed by atoms with Gasteiger partial charge in [-0.25, -0.2) is 4.98 Å². The quantitative estimate of drug-likeness (QED) is 0.628. The molecule has 2 aromatic carbocycles. The zero-order valence-electron chi connectivity index (χ0n) is 14.1. The van der Waals surface area contributed by atoms with Gasteiger partial charge in [0.2, 0.25) is 0 Å². The first-order chi connectivity index (χ1) is 11.8. The Hall–Kier alpha value is -2.75. The Morgan fingerprint density at radius 3 is 2.75 bits per heavy atom. The van der Waals surface area contributed by atoms with Crippen LogP contribution in [0.2, 0.25) is 0 Å². The van der Waals surface area contributed by atoms with Crippen LogP contribution in [0, 0.1) is 0 Å². The molecule has 3 rings (SSSR count). The van der Waals surface area contributed by atoms with Crippen LogP contribution in [0.5, 0.6) is 11.5 Å². The highest BCUT2D eigenvalue weighted by Crippen LogP contribution is 2.29. The number of unbranched alkanes of at least 4 members (excludes halogenated alkanes) is 1. The third kappa shape index (κ3) is 3.77. The summed E-state index contributed by atoms with van der Waals surface area (Å²) in [7, 11) is 1.66. The number of nitrogens with zero attached hydrogens (tertiary/aromatic N) is 1. The number of para-hydroxylation sites is 2. The van der Waals surface area contributed by atoms with Gasteiger partial charge in [-0.2, -0.15) is 0 Å². The molecule has 0 amide bonds. The van der Waals surface area contributed by atoms with Gasteiger partial charge in [0.25, 0.3) is 0 Å². The lowest BCUT2D eigenvalue weighted by atomic mass is 10.2. The highest BCUT2D eigenvalue weighted by atomic mass is 16.5. The lowest BCUT2D eigenvalue weighted by Crippen LogP contribution is -1.99. The predicted octanol–water partition coefficient (Wildman–Crippen LogP) is 4.92. The van der Waals surface area contributed by atoms with E-state index < -0.39 is 0 Å². The molecular weight excluding hydrogens is 300 g/mol. The van der Waals surface area contributed by atoms with Gasteiger partial charge >= 0.3 is 0 Å². The maximum Gasteiger partial charge on any atom is 0.161 e. The number of fused-ring (bicyclic) bond motifs is 1. The van der Waals surface area contributed by atoms with E-state index in [4.69, 9.17) is 9.47 Å². The number of methoxy groups -OCH3 is 1. The maximum atomic E-state index is 5.83. The summed E-state index contributed by atoms with van der Waals surface area (Å²) in [6.07, 6.45) is 6.12. The van der Waals surface area contributed by atoms with Crippen molar-refractivity contribution < 1.29 is 9.47 Å². The zero-order chi connectivity index (χ0) is 16.8. The van der Waals surface area contributed by atoms with Gasteiger partial charge in [0, 0.05) is 0 Å². The van der Waals surface area contributed by atoms with Gasteiger partial charge in [-0.3, -0.25) is 0 Å². The maximum absolute atomic E-state index is 5.83. The molecule has 0 spiro atoms. The highest BCUT2D eigenvalue weighted by molar-refractivity contribution is 5.78. The Balaban J connectivity index is 1.79.